The minimum absolute atomic E-state index is 0.00578. The van der Waals surface area contributed by atoms with Crippen molar-refractivity contribution in [1.29, 1.82) is 5.26 Å². The molecule has 0 unspecified atom stereocenters. The molecule has 0 aliphatic rings. The zero-order valence-electron chi connectivity index (χ0n) is 9.13. The highest BCUT2D eigenvalue weighted by Gasteiger charge is 2.17. The molecule has 3 nitrogen and oxygen atoms in total. The average Bonchev–Trinajstić information content (AvgIpc) is 2.59. The minimum Gasteiger partial charge on any atom is -0.341 e. The van der Waals surface area contributed by atoms with Crippen LogP contribution < -0.4 is 0 Å². The van der Waals surface area contributed by atoms with Crippen molar-refractivity contribution in [3.63, 3.8) is 0 Å². The van der Waals surface area contributed by atoms with Gasteiger partial charge in [-0.05, 0) is 18.2 Å². The highest BCUT2D eigenvalue weighted by atomic mass is 14.9. The van der Waals surface area contributed by atoms with Crippen molar-refractivity contribution in [2.45, 2.75) is 26.2 Å². The summed E-state index contributed by atoms with van der Waals surface area (Å²) in [5, 5.41) is 8.78. The highest BCUT2D eigenvalue weighted by Crippen LogP contribution is 2.22. The monoisotopic (exact) mass is 199 g/mol. The first kappa shape index (κ1) is 9.72. The molecule has 0 aliphatic carbocycles. The number of fused-ring (bicyclic) bond motifs is 1. The van der Waals surface area contributed by atoms with Crippen LogP contribution in [-0.2, 0) is 5.41 Å². The molecule has 0 amide bonds. The number of H-pyrrole nitrogens is 1. The van der Waals surface area contributed by atoms with E-state index in [0.717, 1.165) is 16.9 Å². The Morgan fingerprint density at radius 3 is 2.67 bits per heavy atom. The number of hydrogen-bond acceptors (Lipinski definition) is 2. The molecule has 0 bridgehead atoms. The van der Waals surface area contributed by atoms with E-state index in [1.807, 2.05) is 12.1 Å². The van der Waals surface area contributed by atoms with Crippen LogP contribution in [0.4, 0.5) is 0 Å². The summed E-state index contributed by atoms with van der Waals surface area (Å²) in [6, 6.07) is 7.61. The SMILES string of the molecule is CC(C)(C)c1nc2ccc(C#N)cc2[nH]1. The summed E-state index contributed by atoms with van der Waals surface area (Å²) in [6.07, 6.45) is 0. The van der Waals surface area contributed by atoms with Gasteiger partial charge < -0.3 is 4.98 Å². The number of nitrogens with one attached hydrogen (secondary N) is 1. The van der Waals surface area contributed by atoms with E-state index in [1.165, 1.54) is 0 Å². The second kappa shape index (κ2) is 3.09. The largest absolute Gasteiger partial charge is 0.341 e. The van der Waals surface area contributed by atoms with Gasteiger partial charge in [0, 0.05) is 5.41 Å². The van der Waals surface area contributed by atoms with Crippen LogP contribution >= 0.6 is 0 Å². The first-order chi connectivity index (χ1) is 7.00. The predicted molar refractivity (Wildman–Crippen MR) is 59.5 cm³/mol. The Labute approximate surface area is 88.8 Å². The van der Waals surface area contributed by atoms with Crippen LogP contribution in [0.1, 0.15) is 32.2 Å². The molecule has 1 aromatic heterocycles. The first-order valence-electron chi connectivity index (χ1n) is 4.91. The maximum absolute atomic E-state index is 8.78. The fourth-order valence-corrected chi connectivity index (χ4v) is 1.43. The minimum atomic E-state index is 0.00578. The summed E-state index contributed by atoms with van der Waals surface area (Å²) in [5.41, 5.74) is 2.51. The standard InChI is InChI=1S/C12H13N3/c1-12(2,3)11-14-9-5-4-8(7-13)6-10(9)15-11/h4-6H,1-3H3,(H,14,15). The molecular weight excluding hydrogens is 186 g/mol. The van der Waals surface area contributed by atoms with Crippen molar-refractivity contribution in [2.24, 2.45) is 0 Å². The number of nitrogens with zero attached hydrogens (tertiary/aromatic N) is 2. The first-order valence-corrected chi connectivity index (χ1v) is 4.91. The molecule has 76 valence electrons. The fraction of sp³-hybridized carbons (Fsp3) is 0.333. The smallest absolute Gasteiger partial charge is 0.112 e. The van der Waals surface area contributed by atoms with Gasteiger partial charge in [0.25, 0.3) is 0 Å². The number of benzene rings is 1. The van der Waals surface area contributed by atoms with E-state index in [1.54, 1.807) is 6.07 Å². The lowest BCUT2D eigenvalue weighted by atomic mass is 9.96. The van der Waals surface area contributed by atoms with Crippen LogP contribution in [0.15, 0.2) is 18.2 Å². The Morgan fingerprint density at radius 1 is 1.33 bits per heavy atom. The third kappa shape index (κ3) is 1.71. The molecule has 1 aromatic carbocycles. The second-order valence-electron chi connectivity index (χ2n) is 4.68. The van der Waals surface area contributed by atoms with Gasteiger partial charge in [0.2, 0.25) is 0 Å². The van der Waals surface area contributed by atoms with Crippen molar-refractivity contribution >= 4 is 11.0 Å². The quantitative estimate of drug-likeness (QED) is 0.709. The molecule has 0 atom stereocenters. The van der Waals surface area contributed by atoms with Crippen LogP contribution in [0.5, 0.6) is 0 Å². The molecule has 0 saturated carbocycles. The lowest BCUT2D eigenvalue weighted by Gasteiger charge is -2.13. The van der Waals surface area contributed by atoms with Crippen molar-refractivity contribution < 1.29 is 0 Å². The fourth-order valence-electron chi connectivity index (χ4n) is 1.43. The summed E-state index contributed by atoms with van der Waals surface area (Å²) in [6.45, 7) is 6.32. The molecule has 1 N–H and O–H groups in total. The molecule has 0 radical (unpaired) electrons. The van der Waals surface area contributed by atoms with Crippen molar-refractivity contribution in [3.8, 4) is 6.07 Å². The molecule has 1 heterocycles. The number of hydrogen-bond donors (Lipinski definition) is 1. The summed E-state index contributed by atoms with van der Waals surface area (Å²) >= 11 is 0. The summed E-state index contributed by atoms with van der Waals surface area (Å²) in [4.78, 5) is 7.74. The van der Waals surface area contributed by atoms with E-state index >= 15 is 0 Å². The molecule has 2 rings (SSSR count). The van der Waals surface area contributed by atoms with Crippen LogP contribution in [0, 0.1) is 11.3 Å². The second-order valence-corrected chi connectivity index (χ2v) is 4.68. The number of aromatic amines is 1. The lowest BCUT2D eigenvalue weighted by Crippen LogP contribution is -2.12. The van der Waals surface area contributed by atoms with Gasteiger partial charge in [-0.3, -0.25) is 0 Å². The zero-order valence-corrected chi connectivity index (χ0v) is 9.13. The van der Waals surface area contributed by atoms with Gasteiger partial charge in [0.1, 0.15) is 5.82 Å². The maximum Gasteiger partial charge on any atom is 0.112 e. The van der Waals surface area contributed by atoms with Gasteiger partial charge in [-0.1, -0.05) is 20.8 Å². The van der Waals surface area contributed by atoms with Crippen molar-refractivity contribution in [2.75, 3.05) is 0 Å². The summed E-state index contributed by atoms with van der Waals surface area (Å²) in [5.74, 6) is 0.951. The van der Waals surface area contributed by atoms with Crippen LogP contribution in [-0.4, -0.2) is 9.97 Å². The van der Waals surface area contributed by atoms with Crippen molar-refractivity contribution in [1.82, 2.24) is 9.97 Å². The van der Waals surface area contributed by atoms with Crippen LogP contribution in [0.2, 0.25) is 0 Å². The molecule has 15 heavy (non-hydrogen) atoms. The average molecular weight is 199 g/mol. The Kier molecular flexibility index (Phi) is 2.01. The van der Waals surface area contributed by atoms with Crippen LogP contribution in [0.3, 0.4) is 0 Å². The number of aromatic nitrogens is 2. The normalized spacial score (nSPS) is 11.6. The molecular formula is C12H13N3. The topological polar surface area (TPSA) is 52.5 Å². The maximum atomic E-state index is 8.78. The van der Waals surface area contributed by atoms with Gasteiger partial charge in [-0.15, -0.1) is 0 Å². The van der Waals surface area contributed by atoms with Gasteiger partial charge in [-0.25, -0.2) is 4.98 Å². The Balaban J connectivity index is 2.62. The third-order valence-electron chi connectivity index (χ3n) is 2.32. The highest BCUT2D eigenvalue weighted by molar-refractivity contribution is 5.76. The van der Waals surface area contributed by atoms with Crippen LogP contribution in [0.25, 0.3) is 11.0 Å². The molecule has 0 aliphatic heterocycles. The van der Waals surface area contributed by atoms with E-state index in [9.17, 15) is 0 Å². The van der Waals surface area contributed by atoms with E-state index in [0.29, 0.717) is 5.56 Å². The van der Waals surface area contributed by atoms with E-state index in [-0.39, 0.29) is 5.41 Å². The summed E-state index contributed by atoms with van der Waals surface area (Å²) < 4.78 is 0. The molecule has 0 spiro atoms. The van der Waals surface area contributed by atoms with Gasteiger partial charge in [0.15, 0.2) is 0 Å². The van der Waals surface area contributed by atoms with Crippen molar-refractivity contribution in [3.05, 3.63) is 29.6 Å². The Morgan fingerprint density at radius 2 is 2.07 bits per heavy atom. The number of imidazole rings is 1. The Bertz CT molecular complexity index is 538. The van der Waals surface area contributed by atoms with E-state index in [4.69, 9.17) is 5.26 Å². The van der Waals surface area contributed by atoms with E-state index < -0.39 is 0 Å². The molecule has 0 saturated heterocycles. The van der Waals surface area contributed by atoms with Gasteiger partial charge >= 0.3 is 0 Å². The zero-order chi connectivity index (χ0) is 11.1. The number of nitriles is 1. The lowest BCUT2D eigenvalue weighted by molar-refractivity contribution is 0.554. The predicted octanol–water partition coefficient (Wildman–Crippen LogP) is 2.73. The van der Waals surface area contributed by atoms with E-state index in [2.05, 4.69) is 36.8 Å². The third-order valence-corrected chi connectivity index (χ3v) is 2.32. The molecule has 2 aromatic rings. The summed E-state index contributed by atoms with van der Waals surface area (Å²) in [7, 11) is 0. The molecule has 0 fully saturated rings. The Hall–Kier alpha value is -1.82. The number of rotatable bonds is 0. The van der Waals surface area contributed by atoms with Gasteiger partial charge in [0.05, 0.1) is 22.7 Å². The molecule has 3 heteroatoms. The van der Waals surface area contributed by atoms with Gasteiger partial charge in [-0.2, -0.15) is 5.26 Å².